The van der Waals surface area contributed by atoms with Gasteiger partial charge in [0.25, 0.3) is 0 Å². The number of amides is 1. The van der Waals surface area contributed by atoms with Gasteiger partial charge in [-0.25, -0.2) is 25.6 Å². The van der Waals surface area contributed by atoms with Crippen molar-refractivity contribution in [3.63, 3.8) is 0 Å². The standard InChI is InChI=1S/C29H32F8N2O5S2/c1-2-14-38-18-25(12-16-45(41,42)17-13-25)24(40)39-15-11-26(19-39,46(43,44)23-9-7-22(30)8-10-23)20-3-5-21(6-4-20)27(31,28(32,33)34)29(35,36)37/h3-10,38H,2,11-19H2,1H3. The maximum Gasteiger partial charge on any atom is 0.435 e. The highest BCUT2D eigenvalue weighted by Gasteiger charge is 2.73. The van der Waals surface area contributed by atoms with E-state index in [0.717, 1.165) is 24.3 Å². The fourth-order valence-corrected chi connectivity index (χ4v) is 9.82. The first kappa shape index (κ1) is 36.1. The number of nitrogens with one attached hydrogen (secondary N) is 1. The zero-order valence-electron chi connectivity index (χ0n) is 24.5. The van der Waals surface area contributed by atoms with Crippen LogP contribution in [0.2, 0.25) is 0 Å². The first-order valence-electron chi connectivity index (χ1n) is 14.3. The van der Waals surface area contributed by atoms with E-state index in [0.29, 0.717) is 25.1 Å². The second-order valence-corrected chi connectivity index (χ2v) is 16.3. The molecular weight excluding hydrogens is 672 g/mol. The molecule has 0 saturated carbocycles. The third-order valence-electron chi connectivity index (χ3n) is 8.87. The molecule has 1 amide bonds. The van der Waals surface area contributed by atoms with E-state index in [9.17, 15) is 56.8 Å². The summed E-state index contributed by atoms with van der Waals surface area (Å²) in [6.07, 6.45) is -12.6. The Morgan fingerprint density at radius 2 is 1.43 bits per heavy atom. The summed E-state index contributed by atoms with van der Waals surface area (Å²) in [5.74, 6) is -1.92. The maximum absolute atomic E-state index is 14.8. The number of hydrogen-bond acceptors (Lipinski definition) is 6. The molecule has 2 aromatic rings. The Bertz CT molecular complexity index is 1620. The Labute approximate surface area is 261 Å². The van der Waals surface area contributed by atoms with Crippen LogP contribution in [0.3, 0.4) is 0 Å². The van der Waals surface area contributed by atoms with E-state index in [4.69, 9.17) is 0 Å². The Morgan fingerprint density at radius 1 is 0.891 bits per heavy atom. The average Bonchev–Trinajstić information content (AvgIpc) is 3.44. The summed E-state index contributed by atoms with van der Waals surface area (Å²) in [4.78, 5) is 14.9. The topological polar surface area (TPSA) is 101 Å². The van der Waals surface area contributed by atoms with Gasteiger partial charge in [0.1, 0.15) is 20.4 Å². The number of hydrogen-bond donors (Lipinski definition) is 1. The van der Waals surface area contributed by atoms with Crippen LogP contribution in [0.5, 0.6) is 0 Å². The molecule has 0 aliphatic carbocycles. The lowest BCUT2D eigenvalue weighted by Gasteiger charge is -2.39. The van der Waals surface area contributed by atoms with E-state index in [-0.39, 0.29) is 61.6 Å². The van der Waals surface area contributed by atoms with E-state index in [1.807, 2.05) is 6.92 Å². The van der Waals surface area contributed by atoms with Gasteiger partial charge in [0, 0.05) is 25.2 Å². The van der Waals surface area contributed by atoms with Gasteiger partial charge < -0.3 is 10.2 Å². The molecule has 4 rings (SSSR count). The van der Waals surface area contributed by atoms with Crippen LogP contribution in [0.4, 0.5) is 35.1 Å². The molecule has 2 saturated heterocycles. The molecular formula is C29H32F8N2O5S2. The zero-order chi connectivity index (χ0) is 34.4. The van der Waals surface area contributed by atoms with Crippen molar-refractivity contribution in [2.75, 3.05) is 37.7 Å². The van der Waals surface area contributed by atoms with Gasteiger partial charge in [-0.2, -0.15) is 26.3 Å². The Balaban J connectivity index is 1.81. The summed E-state index contributed by atoms with van der Waals surface area (Å²) in [5, 5.41) is 3.12. The molecule has 46 heavy (non-hydrogen) atoms. The molecule has 256 valence electrons. The van der Waals surface area contributed by atoms with Crippen molar-refractivity contribution in [1.29, 1.82) is 0 Å². The average molecular weight is 705 g/mol. The second kappa shape index (κ2) is 12.3. The Morgan fingerprint density at radius 3 is 1.93 bits per heavy atom. The van der Waals surface area contributed by atoms with Crippen molar-refractivity contribution in [3.05, 3.63) is 65.5 Å². The van der Waals surface area contributed by atoms with E-state index in [1.165, 1.54) is 4.90 Å². The largest absolute Gasteiger partial charge is 0.435 e. The molecule has 7 nitrogen and oxygen atoms in total. The number of carbonyl (C=O) groups excluding carboxylic acids is 1. The summed E-state index contributed by atoms with van der Waals surface area (Å²) in [5.41, 5.74) is -9.11. The number of nitrogens with zero attached hydrogens (tertiary/aromatic N) is 1. The van der Waals surface area contributed by atoms with Crippen LogP contribution < -0.4 is 5.32 Å². The van der Waals surface area contributed by atoms with Crippen molar-refractivity contribution in [2.45, 2.75) is 60.3 Å². The summed E-state index contributed by atoms with van der Waals surface area (Å²) in [7, 11) is -8.07. The van der Waals surface area contributed by atoms with Crippen molar-refractivity contribution in [3.8, 4) is 0 Å². The quantitative estimate of drug-likeness (QED) is 0.219. The first-order valence-corrected chi connectivity index (χ1v) is 17.6. The molecule has 17 heteroatoms. The SMILES string of the molecule is CCCNCC1(C(=O)N2CCC(c3ccc(C(F)(C(F)(F)F)C(F)(F)F)cc3)(S(=O)(=O)c3ccc(F)cc3)C2)CCS(=O)(=O)CC1. The van der Waals surface area contributed by atoms with Crippen molar-refractivity contribution in [2.24, 2.45) is 5.41 Å². The van der Waals surface area contributed by atoms with Gasteiger partial charge in [-0.05, 0) is 62.1 Å². The summed E-state index contributed by atoms with van der Waals surface area (Å²) < 4.78 is 160. The van der Waals surface area contributed by atoms with Gasteiger partial charge in [0.05, 0.1) is 21.8 Å². The summed E-state index contributed by atoms with van der Waals surface area (Å²) >= 11 is 0. The number of carbonyl (C=O) groups is 1. The normalized spacial score (nSPS) is 22.2. The Kier molecular flexibility index (Phi) is 9.67. The highest BCUT2D eigenvalue weighted by molar-refractivity contribution is 7.92. The molecule has 0 bridgehead atoms. The van der Waals surface area contributed by atoms with Crippen molar-refractivity contribution < 1.29 is 56.8 Å². The van der Waals surface area contributed by atoms with Gasteiger partial charge >= 0.3 is 18.0 Å². The molecule has 2 aromatic carbocycles. The van der Waals surface area contributed by atoms with E-state index in [1.54, 1.807) is 0 Å². The molecule has 1 N–H and O–H groups in total. The second-order valence-electron chi connectivity index (χ2n) is 11.8. The minimum Gasteiger partial charge on any atom is -0.340 e. The molecule has 0 spiro atoms. The Hall–Kier alpha value is -2.79. The third-order valence-corrected chi connectivity index (χ3v) is 13.0. The van der Waals surface area contributed by atoms with E-state index < -0.39 is 76.6 Å². The summed E-state index contributed by atoms with van der Waals surface area (Å²) in [6.45, 7) is 1.64. The zero-order valence-corrected chi connectivity index (χ0v) is 26.2. The minimum absolute atomic E-state index is 0.0543. The van der Waals surface area contributed by atoms with Crippen LogP contribution in [0.15, 0.2) is 53.4 Å². The van der Waals surface area contributed by atoms with Gasteiger partial charge in [-0.15, -0.1) is 0 Å². The van der Waals surface area contributed by atoms with Crippen molar-refractivity contribution >= 4 is 25.6 Å². The number of benzene rings is 2. The fraction of sp³-hybridized carbons (Fsp3) is 0.552. The number of likely N-dealkylation sites (tertiary alicyclic amines) is 1. The predicted octanol–water partition coefficient (Wildman–Crippen LogP) is 5.21. The number of alkyl halides is 7. The van der Waals surface area contributed by atoms with Gasteiger partial charge in [0.2, 0.25) is 5.91 Å². The van der Waals surface area contributed by atoms with Crippen LogP contribution in [0.25, 0.3) is 0 Å². The molecule has 1 atom stereocenters. The molecule has 1 unspecified atom stereocenters. The smallest absolute Gasteiger partial charge is 0.340 e. The van der Waals surface area contributed by atoms with Gasteiger partial charge in [0.15, 0.2) is 9.84 Å². The monoisotopic (exact) mass is 704 g/mol. The third kappa shape index (κ3) is 6.25. The number of rotatable bonds is 9. The van der Waals surface area contributed by atoms with Crippen LogP contribution in [-0.2, 0) is 34.9 Å². The molecule has 0 aromatic heterocycles. The first-order chi connectivity index (χ1) is 21.2. The van der Waals surface area contributed by atoms with Gasteiger partial charge in [-0.1, -0.05) is 31.2 Å². The van der Waals surface area contributed by atoms with E-state index in [2.05, 4.69) is 5.32 Å². The minimum atomic E-state index is -6.39. The lowest BCUT2D eigenvalue weighted by molar-refractivity contribution is -0.348. The maximum atomic E-state index is 14.8. The van der Waals surface area contributed by atoms with E-state index >= 15 is 0 Å². The lowest BCUT2D eigenvalue weighted by atomic mass is 9.80. The van der Waals surface area contributed by atoms with Crippen LogP contribution in [-0.4, -0.2) is 77.7 Å². The van der Waals surface area contributed by atoms with Crippen LogP contribution >= 0.6 is 0 Å². The van der Waals surface area contributed by atoms with Crippen LogP contribution in [0, 0.1) is 11.2 Å². The predicted molar refractivity (Wildman–Crippen MR) is 151 cm³/mol. The molecule has 2 aliphatic heterocycles. The lowest BCUT2D eigenvalue weighted by Crippen LogP contribution is -2.53. The molecule has 0 radical (unpaired) electrons. The van der Waals surface area contributed by atoms with Crippen LogP contribution in [0.1, 0.15) is 43.7 Å². The van der Waals surface area contributed by atoms with Gasteiger partial charge in [-0.3, -0.25) is 4.79 Å². The fourth-order valence-electron chi connectivity index (χ4n) is 6.13. The molecule has 2 aliphatic rings. The highest BCUT2D eigenvalue weighted by atomic mass is 32.2. The number of halogens is 8. The number of sulfone groups is 2. The summed E-state index contributed by atoms with van der Waals surface area (Å²) in [6, 6.07) is 5.31. The molecule has 2 heterocycles. The highest BCUT2D eigenvalue weighted by Crippen LogP contribution is 2.54. The molecule has 2 fully saturated rings. The van der Waals surface area contributed by atoms with Crippen molar-refractivity contribution in [1.82, 2.24) is 10.2 Å².